The average molecular weight is 430 g/mol. The predicted octanol–water partition coefficient (Wildman–Crippen LogP) is 3.73. The maximum Gasteiger partial charge on any atom is 0.239 e. The van der Waals surface area contributed by atoms with Crippen LogP contribution >= 0.6 is 27.3 Å². The van der Waals surface area contributed by atoms with Crippen molar-refractivity contribution in [3.05, 3.63) is 12.1 Å². The molecule has 7 nitrogen and oxygen atoms in total. The van der Waals surface area contributed by atoms with Gasteiger partial charge in [0.05, 0.1) is 25.7 Å². The molecule has 1 unspecified atom stereocenters. The summed E-state index contributed by atoms with van der Waals surface area (Å²) in [5, 5.41) is 12.0. The highest BCUT2D eigenvalue weighted by atomic mass is 79.9. The Balaban J connectivity index is 2.31. The quantitative estimate of drug-likeness (QED) is 0.643. The molecule has 9 heteroatoms. The molecule has 0 saturated carbocycles. The summed E-state index contributed by atoms with van der Waals surface area (Å²) < 4.78 is 16.4. The molecule has 1 N–H and O–H groups in total. The van der Waals surface area contributed by atoms with E-state index in [4.69, 9.17) is 14.2 Å². The number of ether oxygens (including phenoxy) is 3. The number of methoxy groups -OCH3 is 2. The van der Waals surface area contributed by atoms with Gasteiger partial charge in [-0.3, -0.25) is 10.1 Å². The van der Waals surface area contributed by atoms with Crippen molar-refractivity contribution in [2.24, 2.45) is 0 Å². The minimum atomic E-state index is -0.259. The number of hydrogen-bond donors (Lipinski definition) is 1. The van der Waals surface area contributed by atoms with Gasteiger partial charge in [0.25, 0.3) is 0 Å². The van der Waals surface area contributed by atoms with Gasteiger partial charge in [0, 0.05) is 5.56 Å². The topological polar surface area (TPSA) is 82.6 Å². The number of benzene rings is 1. The number of carbonyl (C=O) groups is 1. The third-order valence-electron chi connectivity index (χ3n) is 3.29. The Bertz CT molecular complexity index is 713. The maximum absolute atomic E-state index is 11.9. The van der Waals surface area contributed by atoms with E-state index in [2.05, 4.69) is 31.4 Å². The van der Waals surface area contributed by atoms with Gasteiger partial charge in [-0.2, -0.15) is 0 Å². The van der Waals surface area contributed by atoms with Gasteiger partial charge in [-0.15, -0.1) is 10.2 Å². The molecule has 0 radical (unpaired) electrons. The monoisotopic (exact) mass is 429 g/mol. The van der Waals surface area contributed by atoms with Crippen LogP contribution in [0.2, 0.25) is 0 Å². The van der Waals surface area contributed by atoms with E-state index in [1.165, 1.54) is 11.3 Å². The van der Waals surface area contributed by atoms with Crippen molar-refractivity contribution >= 4 is 38.3 Å². The first-order chi connectivity index (χ1) is 12.0. The van der Waals surface area contributed by atoms with E-state index in [0.29, 0.717) is 40.4 Å². The number of hydrogen-bond acceptors (Lipinski definition) is 7. The van der Waals surface area contributed by atoms with Crippen LogP contribution in [-0.2, 0) is 4.79 Å². The molecule has 0 spiro atoms. The highest BCUT2D eigenvalue weighted by molar-refractivity contribution is 9.10. The largest absolute Gasteiger partial charge is 0.493 e. The molecule has 1 heterocycles. The van der Waals surface area contributed by atoms with Crippen molar-refractivity contribution < 1.29 is 19.0 Å². The number of amides is 1. The Morgan fingerprint density at radius 3 is 2.40 bits per heavy atom. The number of nitrogens with one attached hydrogen (secondary N) is 1. The molecule has 0 aliphatic carbocycles. The molecule has 1 atom stereocenters. The van der Waals surface area contributed by atoms with Crippen LogP contribution in [0.3, 0.4) is 0 Å². The Morgan fingerprint density at radius 1 is 1.24 bits per heavy atom. The van der Waals surface area contributed by atoms with Gasteiger partial charge in [0.15, 0.2) is 11.5 Å². The van der Waals surface area contributed by atoms with Crippen LogP contribution in [0.15, 0.2) is 12.1 Å². The van der Waals surface area contributed by atoms with Crippen LogP contribution in [0.5, 0.6) is 17.2 Å². The van der Waals surface area contributed by atoms with Crippen molar-refractivity contribution in [3.63, 3.8) is 0 Å². The van der Waals surface area contributed by atoms with Gasteiger partial charge in [0.1, 0.15) is 5.01 Å². The van der Waals surface area contributed by atoms with Crippen LogP contribution < -0.4 is 19.5 Å². The third kappa shape index (κ3) is 4.60. The standard InChI is InChI=1S/C16H20BrN3O4S/c1-5-10(17)14(21)18-16-20-19-15(25-16)9-7-11(22-3)13(24-6-2)12(8-9)23-4/h7-8,10H,5-6H2,1-4H3,(H,18,20,21). The number of rotatable bonds is 8. The molecule has 25 heavy (non-hydrogen) atoms. The lowest BCUT2D eigenvalue weighted by molar-refractivity contribution is -0.115. The summed E-state index contributed by atoms with van der Waals surface area (Å²) in [6, 6.07) is 3.61. The van der Waals surface area contributed by atoms with Crippen LogP contribution in [0.1, 0.15) is 20.3 Å². The highest BCUT2D eigenvalue weighted by Gasteiger charge is 2.18. The minimum Gasteiger partial charge on any atom is -0.493 e. The van der Waals surface area contributed by atoms with Crippen molar-refractivity contribution in [1.29, 1.82) is 0 Å². The summed E-state index contributed by atoms with van der Waals surface area (Å²) in [7, 11) is 3.13. The molecule has 136 valence electrons. The molecule has 2 aromatic rings. The van der Waals surface area contributed by atoms with Crippen LogP contribution in [0.25, 0.3) is 10.6 Å². The zero-order valence-electron chi connectivity index (χ0n) is 14.5. The molecule has 1 amide bonds. The Hall–Kier alpha value is -1.87. The second kappa shape index (κ2) is 9.00. The van der Waals surface area contributed by atoms with E-state index < -0.39 is 0 Å². The first kappa shape index (κ1) is 19.5. The highest BCUT2D eigenvalue weighted by Crippen LogP contribution is 2.42. The lowest BCUT2D eigenvalue weighted by Gasteiger charge is -2.14. The lowest BCUT2D eigenvalue weighted by atomic mass is 10.2. The number of anilines is 1. The summed E-state index contributed by atoms with van der Waals surface area (Å²) in [5.41, 5.74) is 0.765. The fourth-order valence-electron chi connectivity index (χ4n) is 2.05. The first-order valence-corrected chi connectivity index (χ1v) is 9.44. The van der Waals surface area contributed by atoms with Gasteiger partial charge in [0.2, 0.25) is 16.8 Å². The number of carbonyl (C=O) groups excluding carboxylic acids is 1. The van der Waals surface area contributed by atoms with Crippen molar-refractivity contribution in [2.45, 2.75) is 25.1 Å². The summed E-state index contributed by atoms with van der Waals surface area (Å²) >= 11 is 4.58. The molecule has 0 aliphatic rings. The molecule has 0 saturated heterocycles. The summed E-state index contributed by atoms with van der Waals surface area (Å²) in [4.78, 5) is 11.7. The van der Waals surface area contributed by atoms with Crippen LogP contribution in [0, 0.1) is 0 Å². The van der Waals surface area contributed by atoms with Gasteiger partial charge < -0.3 is 14.2 Å². The molecule has 0 fully saturated rings. The molecule has 0 bridgehead atoms. The summed E-state index contributed by atoms with van der Waals surface area (Å²) in [5.74, 6) is 1.48. The Morgan fingerprint density at radius 2 is 1.88 bits per heavy atom. The predicted molar refractivity (Wildman–Crippen MR) is 101 cm³/mol. The maximum atomic E-state index is 11.9. The zero-order valence-corrected chi connectivity index (χ0v) is 16.9. The normalized spacial score (nSPS) is 11.7. The molecule has 2 rings (SSSR count). The fraction of sp³-hybridized carbons (Fsp3) is 0.438. The third-order valence-corrected chi connectivity index (χ3v) is 5.25. The van der Waals surface area contributed by atoms with E-state index in [1.54, 1.807) is 26.4 Å². The second-order valence-corrected chi connectivity index (χ2v) is 7.00. The summed E-state index contributed by atoms with van der Waals surface area (Å²) in [6.07, 6.45) is 0.685. The van der Waals surface area contributed by atoms with Crippen molar-refractivity contribution in [1.82, 2.24) is 10.2 Å². The summed E-state index contributed by atoms with van der Waals surface area (Å²) in [6.45, 7) is 4.30. The molecular formula is C16H20BrN3O4S. The van der Waals surface area contributed by atoms with Crippen LogP contribution in [0.4, 0.5) is 5.13 Å². The van der Waals surface area contributed by atoms with E-state index >= 15 is 0 Å². The van der Waals surface area contributed by atoms with Gasteiger partial charge in [-0.05, 0) is 25.5 Å². The Labute approximate surface area is 158 Å². The SMILES string of the molecule is CCOc1c(OC)cc(-c2nnc(NC(=O)C(Br)CC)s2)cc1OC. The lowest BCUT2D eigenvalue weighted by Crippen LogP contribution is -2.21. The molecule has 0 aliphatic heterocycles. The van der Waals surface area contributed by atoms with Crippen LogP contribution in [-0.4, -0.2) is 41.8 Å². The molecular weight excluding hydrogens is 410 g/mol. The number of halogens is 1. The van der Waals surface area contributed by atoms with E-state index in [9.17, 15) is 4.79 Å². The smallest absolute Gasteiger partial charge is 0.239 e. The molecule has 1 aromatic carbocycles. The number of nitrogens with zero attached hydrogens (tertiary/aromatic N) is 2. The van der Waals surface area contributed by atoms with Gasteiger partial charge in [-0.25, -0.2) is 0 Å². The van der Waals surface area contributed by atoms with Gasteiger partial charge >= 0.3 is 0 Å². The average Bonchev–Trinajstić information content (AvgIpc) is 3.09. The van der Waals surface area contributed by atoms with E-state index in [-0.39, 0.29) is 10.7 Å². The zero-order chi connectivity index (χ0) is 18.4. The second-order valence-electron chi connectivity index (χ2n) is 4.92. The van der Waals surface area contributed by atoms with E-state index in [0.717, 1.165) is 5.56 Å². The Kier molecular flexibility index (Phi) is 7.01. The van der Waals surface area contributed by atoms with E-state index in [1.807, 2.05) is 13.8 Å². The molecule has 1 aromatic heterocycles. The first-order valence-electron chi connectivity index (χ1n) is 7.71. The minimum absolute atomic E-state index is 0.146. The number of alkyl halides is 1. The van der Waals surface area contributed by atoms with Crippen molar-refractivity contribution in [2.75, 3.05) is 26.1 Å². The van der Waals surface area contributed by atoms with Gasteiger partial charge in [-0.1, -0.05) is 34.2 Å². The number of aromatic nitrogens is 2. The van der Waals surface area contributed by atoms with Crippen molar-refractivity contribution in [3.8, 4) is 27.8 Å². The fourth-order valence-corrected chi connectivity index (χ4v) is 2.90.